The quantitative estimate of drug-likeness (QED) is 0.686. The van der Waals surface area contributed by atoms with Crippen LogP contribution in [0.5, 0.6) is 0 Å². The van der Waals surface area contributed by atoms with Crippen LogP contribution in [0.3, 0.4) is 0 Å². The maximum atomic E-state index is 12.8. The topological polar surface area (TPSA) is 37.4 Å². The molecule has 1 aromatic rings. The van der Waals surface area contributed by atoms with Gasteiger partial charge >= 0.3 is 0 Å². The predicted molar refractivity (Wildman–Crippen MR) is 65.3 cm³/mol. The van der Waals surface area contributed by atoms with Crippen molar-refractivity contribution in [1.82, 2.24) is 15.2 Å². The lowest BCUT2D eigenvalue weighted by Gasteiger charge is -2.16. The SMILES string of the molecule is COCCN(C)CCNCc1cncc(F)c1. The fourth-order valence-corrected chi connectivity index (χ4v) is 1.41. The van der Waals surface area contributed by atoms with E-state index in [1.165, 1.54) is 12.3 Å². The highest BCUT2D eigenvalue weighted by atomic mass is 19.1. The Balaban J connectivity index is 2.11. The molecule has 0 spiro atoms. The lowest BCUT2D eigenvalue weighted by molar-refractivity contribution is 0.161. The predicted octanol–water partition coefficient (Wildman–Crippen LogP) is 0.889. The van der Waals surface area contributed by atoms with Gasteiger partial charge in [0.25, 0.3) is 0 Å². The van der Waals surface area contributed by atoms with Crippen molar-refractivity contribution in [2.75, 3.05) is 40.4 Å². The summed E-state index contributed by atoms with van der Waals surface area (Å²) in [6.07, 6.45) is 2.88. The summed E-state index contributed by atoms with van der Waals surface area (Å²) in [7, 11) is 3.74. The van der Waals surface area contributed by atoms with Crippen LogP contribution in [-0.2, 0) is 11.3 Å². The molecular formula is C12H20FN3O. The maximum absolute atomic E-state index is 12.8. The van der Waals surface area contributed by atoms with Crippen LogP contribution in [0, 0.1) is 5.82 Å². The molecule has 0 aliphatic heterocycles. The van der Waals surface area contributed by atoms with Crippen LogP contribution in [0.2, 0.25) is 0 Å². The Kier molecular flexibility index (Phi) is 6.69. The summed E-state index contributed by atoms with van der Waals surface area (Å²) < 4.78 is 17.8. The molecule has 1 N–H and O–H groups in total. The van der Waals surface area contributed by atoms with E-state index in [0.29, 0.717) is 6.54 Å². The number of halogens is 1. The van der Waals surface area contributed by atoms with Crippen LogP contribution in [0.4, 0.5) is 4.39 Å². The normalized spacial score (nSPS) is 11.1. The molecule has 0 unspecified atom stereocenters. The highest BCUT2D eigenvalue weighted by Gasteiger charge is 1.98. The molecule has 0 saturated heterocycles. The third kappa shape index (κ3) is 6.31. The average Bonchev–Trinajstić information content (AvgIpc) is 2.32. The van der Waals surface area contributed by atoms with Crippen LogP contribution in [0.25, 0.3) is 0 Å². The van der Waals surface area contributed by atoms with Crippen molar-refractivity contribution in [3.8, 4) is 0 Å². The van der Waals surface area contributed by atoms with Gasteiger partial charge in [0.2, 0.25) is 0 Å². The summed E-state index contributed by atoms with van der Waals surface area (Å²) in [6.45, 7) is 4.09. The van der Waals surface area contributed by atoms with Gasteiger partial charge in [-0.25, -0.2) is 4.39 Å². The van der Waals surface area contributed by atoms with Crippen molar-refractivity contribution < 1.29 is 9.13 Å². The number of ether oxygens (including phenoxy) is 1. The molecule has 17 heavy (non-hydrogen) atoms. The van der Waals surface area contributed by atoms with E-state index in [-0.39, 0.29) is 5.82 Å². The number of hydrogen-bond acceptors (Lipinski definition) is 4. The molecule has 0 aromatic carbocycles. The number of hydrogen-bond donors (Lipinski definition) is 1. The van der Waals surface area contributed by atoms with Crippen LogP contribution in [0.15, 0.2) is 18.5 Å². The first-order valence-corrected chi connectivity index (χ1v) is 5.70. The Morgan fingerprint density at radius 2 is 2.24 bits per heavy atom. The Morgan fingerprint density at radius 3 is 2.94 bits per heavy atom. The molecule has 0 saturated carbocycles. The van der Waals surface area contributed by atoms with Crippen molar-refractivity contribution in [2.24, 2.45) is 0 Å². The van der Waals surface area contributed by atoms with Gasteiger partial charge in [-0.15, -0.1) is 0 Å². The van der Waals surface area contributed by atoms with E-state index in [4.69, 9.17) is 4.74 Å². The van der Waals surface area contributed by atoms with Crippen LogP contribution in [-0.4, -0.2) is 50.3 Å². The van der Waals surface area contributed by atoms with E-state index in [2.05, 4.69) is 15.2 Å². The number of pyridine rings is 1. The fourth-order valence-electron chi connectivity index (χ4n) is 1.41. The van der Waals surface area contributed by atoms with Gasteiger partial charge in [-0.3, -0.25) is 4.98 Å². The highest BCUT2D eigenvalue weighted by molar-refractivity contribution is 5.09. The second kappa shape index (κ2) is 8.11. The van der Waals surface area contributed by atoms with Crippen molar-refractivity contribution in [3.63, 3.8) is 0 Å². The first-order valence-electron chi connectivity index (χ1n) is 5.70. The molecule has 1 aromatic heterocycles. The van der Waals surface area contributed by atoms with E-state index in [0.717, 1.165) is 31.8 Å². The summed E-state index contributed by atoms with van der Waals surface area (Å²) in [6, 6.07) is 1.49. The lowest BCUT2D eigenvalue weighted by atomic mass is 10.3. The molecule has 1 rings (SSSR count). The first kappa shape index (κ1) is 14.0. The van der Waals surface area contributed by atoms with Gasteiger partial charge in [0.15, 0.2) is 0 Å². The van der Waals surface area contributed by atoms with Crippen LogP contribution < -0.4 is 5.32 Å². The summed E-state index contributed by atoms with van der Waals surface area (Å²) in [5.74, 6) is -0.290. The second-order valence-electron chi connectivity index (χ2n) is 3.98. The zero-order valence-corrected chi connectivity index (χ0v) is 10.4. The Morgan fingerprint density at radius 1 is 1.41 bits per heavy atom. The van der Waals surface area contributed by atoms with E-state index in [9.17, 15) is 4.39 Å². The number of aromatic nitrogens is 1. The number of nitrogens with zero attached hydrogens (tertiary/aromatic N) is 2. The van der Waals surface area contributed by atoms with Gasteiger partial charge < -0.3 is 15.0 Å². The Hall–Kier alpha value is -1.04. The van der Waals surface area contributed by atoms with Gasteiger partial charge in [0.05, 0.1) is 12.8 Å². The molecule has 4 nitrogen and oxygen atoms in total. The molecule has 0 fully saturated rings. The maximum Gasteiger partial charge on any atom is 0.141 e. The van der Waals surface area contributed by atoms with E-state index in [1.807, 2.05) is 7.05 Å². The highest BCUT2D eigenvalue weighted by Crippen LogP contribution is 1.99. The van der Waals surface area contributed by atoms with Gasteiger partial charge in [-0.2, -0.15) is 0 Å². The van der Waals surface area contributed by atoms with Crippen molar-refractivity contribution >= 4 is 0 Å². The summed E-state index contributed by atoms with van der Waals surface area (Å²) in [5.41, 5.74) is 0.865. The van der Waals surface area contributed by atoms with E-state index < -0.39 is 0 Å². The fraction of sp³-hybridized carbons (Fsp3) is 0.583. The summed E-state index contributed by atoms with van der Waals surface area (Å²) in [5, 5.41) is 3.25. The van der Waals surface area contributed by atoms with Crippen LogP contribution in [0.1, 0.15) is 5.56 Å². The number of methoxy groups -OCH3 is 1. The third-order valence-corrected chi connectivity index (χ3v) is 2.44. The zero-order chi connectivity index (χ0) is 12.5. The number of likely N-dealkylation sites (N-methyl/N-ethyl adjacent to an activating group) is 1. The smallest absolute Gasteiger partial charge is 0.141 e. The zero-order valence-electron chi connectivity index (χ0n) is 10.4. The van der Waals surface area contributed by atoms with Crippen molar-refractivity contribution in [1.29, 1.82) is 0 Å². The van der Waals surface area contributed by atoms with Gasteiger partial charge in [-0.1, -0.05) is 0 Å². The minimum Gasteiger partial charge on any atom is -0.383 e. The molecule has 0 amide bonds. The minimum absolute atomic E-state index is 0.290. The second-order valence-corrected chi connectivity index (χ2v) is 3.98. The molecular weight excluding hydrogens is 221 g/mol. The molecule has 5 heteroatoms. The average molecular weight is 241 g/mol. The Labute approximate surface area is 102 Å². The largest absolute Gasteiger partial charge is 0.383 e. The van der Waals surface area contributed by atoms with Gasteiger partial charge in [-0.05, 0) is 18.7 Å². The molecule has 1 heterocycles. The standard InChI is InChI=1S/C12H20FN3O/c1-16(5-6-17-2)4-3-14-8-11-7-12(13)10-15-9-11/h7,9-10,14H,3-6,8H2,1-2H3. The lowest BCUT2D eigenvalue weighted by Crippen LogP contribution is -2.31. The van der Waals surface area contributed by atoms with Crippen molar-refractivity contribution in [2.45, 2.75) is 6.54 Å². The van der Waals surface area contributed by atoms with Gasteiger partial charge in [0, 0.05) is 39.5 Å². The summed E-state index contributed by atoms with van der Waals surface area (Å²) in [4.78, 5) is 5.98. The molecule has 0 aliphatic rings. The molecule has 0 bridgehead atoms. The molecule has 0 aliphatic carbocycles. The molecule has 96 valence electrons. The Bertz CT molecular complexity index is 322. The third-order valence-electron chi connectivity index (χ3n) is 2.44. The van der Waals surface area contributed by atoms with Crippen LogP contribution >= 0.6 is 0 Å². The molecule has 0 radical (unpaired) electrons. The monoisotopic (exact) mass is 241 g/mol. The summed E-state index contributed by atoms with van der Waals surface area (Å²) >= 11 is 0. The molecule has 0 atom stereocenters. The first-order chi connectivity index (χ1) is 8.22. The minimum atomic E-state index is -0.290. The number of nitrogens with one attached hydrogen (secondary N) is 1. The van der Waals surface area contributed by atoms with E-state index in [1.54, 1.807) is 13.3 Å². The number of rotatable bonds is 8. The van der Waals surface area contributed by atoms with Gasteiger partial charge in [0.1, 0.15) is 5.82 Å². The van der Waals surface area contributed by atoms with Crippen molar-refractivity contribution in [3.05, 3.63) is 29.8 Å². The van der Waals surface area contributed by atoms with E-state index >= 15 is 0 Å².